The SMILES string of the molecule is O=C(NC1(C(=O)O)CCCC1)c1ccc(Br)c([N+](=O)[O-])c1. The first-order valence-electron chi connectivity index (χ1n) is 6.35. The fourth-order valence-electron chi connectivity index (χ4n) is 2.45. The standard InChI is InChI=1S/C13H13BrN2O5/c14-9-4-3-8(7-10(9)16(20)21)11(17)15-13(12(18)19)5-1-2-6-13/h3-4,7H,1-2,5-6H2,(H,15,17)(H,18,19). The summed E-state index contributed by atoms with van der Waals surface area (Å²) in [5.41, 5.74) is -1.44. The van der Waals surface area contributed by atoms with Crippen LogP contribution in [0.4, 0.5) is 5.69 Å². The smallest absolute Gasteiger partial charge is 0.329 e. The van der Waals surface area contributed by atoms with E-state index < -0.39 is 22.3 Å². The number of carbonyl (C=O) groups is 2. The fourth-order valence-corrected chi connectivity index (χ4v) is 2.85. The lowest BCUT2D eigenvalue weighted by Crippen LogP contribution is -2.52. The first-order chi connectivity index (χ1) is 9.85. The van der Waals surface area contributed by atoms with Gasteiger partial charge in [-0.05, 0) is 40.9 Å². The summed E-state index contributed by atoms with van der Waals surface area (Å²) in [5.74, 6) is -1.69. The van der Waals surface area contributed by atoms with E-state index in [9.17, 15) is 24.8 Å². The molecule has 0 saturated heterocycles. The Morgan fingerprint density at radius 3 is 2.48 bits per heavy atom. The molecule has 0 aliphatic heterocycles. The highest BCUT2D eigenvalue weighted by Crippen LogP contribution is 2.31. The van der Waals surface area contributed by atoms with Gasteiger partial charge in [0, 0.05) is 11.6 Å². The molecule has 0 radical (unpaired) electrons. The molecule has 1 aliphatic carbocycles. The average molecular weight is 357 g/mol. The number of nitro groups is 1. The minimum atomic E-state index is -1.26. The highest BCUT2D eigenvalue weighted by Gasteiger charge is 2.42. The first-order valence-corrected chi connectivity index (χ1v) is 7.15. The molecule has 112 valence electrons. The number of carboxylic acid groups (broad SMARTS) is 1. The quantitative estimate of drug-likeness (QED) is 0.636. The van der Waals surface area contributed by atoms with Crippen LogP contribution >= 0.6 is 15.9 Å². The normalized spacial score (nSPS) is 16.4. The van der Waals surface area contributed by atoms with Crippen LogP contribution in [0.2, 0.25) is 0 Å². The molecular formula is C13H13BrN2O5. The molecule has 0 spiro atoms. The van der Waals surface area contributed by atoms with Crippen LogP contribution in [0.1, 0.15) is 36.0 Å². The second kappa shape index (κ2) is 5.80. The predicted molar refractivity (Wildman–Crippen MR) is 77.1 cm³/mol. The third-order valence-corrected chi connectivity index (χ3v) is 4.29. The summed E-state index contributed by atoms with van der Waals surface area (Å²) < 4.78 is 0.262. The molecule has 8 heteroatoms. The van der Waals surface area contributed by atoms with E-state index in [-0.39, 0.29) is 15.7 Å². The van der Waals surface area contributed by atoms with Gasteiger partial charge >= 0.3 is 5.97 Å². The Kier molecular flexibility index (Phi) is 4.26. The maximum atomic E-state index is 12.2. The molecule has 1 fully saturated rings. The van der Waals surface area contributed by atoms with Crippen molar-refractivity contribution in [1.82, 2.24) is 5.32 Å². The fraction of sp³-hybridized carbons (Fsp3) is 0.385. The summed E-state index contributed by atoms with van der Waals surface area (Å²) >= 11 is 3.03. The van der Waals surface area contributed by atoms with Gasteiger partial charge in [0.1, 0.15) is 5.54 Å². The van der Waals surface area contributed by atoms with Gasteiger partial charge in [-0.15, -0.1) is 0 Å². The summed E-state index contributed by atoms with van der Waals surface area (Å²) in [7, 11) is 0. The topological polar surface area (TPSA) is 110 Å². The van der Waals surface area contributed by atoms with E-state index in [1.54, 1.807) is 0 Å². The molecule has 21 heavy (non-hydrogen) atoms. The molecule has 0 bridgehead atoms. The van der Waals surface area contributed by atoms with Crippen LogP contribution in [-0.2, 0) is 4.79 Å². The highest BCUT2D eigenvalue weighted by molar-refractivity contribution is 9.10. The molecule has 0 aromatic heterocycles. The van der Waals surface area contributed by atoms with Crippen molar-refractivity contribution >= 4 is 33.5 Å². The number of carboxylic acids is 1. The largest absolute Gasteiger partial charge is 0.480 e. The van der Waals surface area contributed by atoms with Crippen molar-refractivity contribution in [1.29, 1.82) is 0 Å². The molecule has 2 N–H and O–H groups in total. The summed E-state index contributed by atoms with van der Waals surface area (Å²) in [6, 6.07) is 3.94. The predicted octanol–water partition coefficient (Wildman–Crippen LogP) is 2.48. The molecule has 0 unspecified atom stereocenters. The Morgan fingerprint density at radius 1 is 1.33 bits per heavy atom. The van der Waals surface area contributed by atoms with Crippen molar-refractivity contribution in [3.63, 3.8) is 0 Å². The lowest BCUT2D eigenvalue weighted by atomic mass is 9.97. The van der Waals surface area contributed by atoms with Crippen LogP contribution in [0.3, 0.4) is 0 Å². The molecule has 1 saturated carbocycles. The van der Waals surface area contributed by atoms with Gasteiger partial charge in [0.2, 0.25) is 0 Å². The van der Waals surface area contributed by atoms with Crippen LogP contribution < -0.4 is 5.32 Å². The number of rotatable bonds is 4. The maximum absolute atomic E-state index is 12.2. The zero-order valence-electron chi connectivity index (χ0n) is 11.0. The average Bonchev–Trinajstić information content (AvgIpc) is 2.88. The minimum Gasteiger partial charge on any atom is -0.480 e. The van der Waals surface area contributed by atoms with Crippen LogP contribution in [0, 0.1) is 10.1 Å². The maximum Gasteiger partial charge on any atom is 0.329 e. The second-order valence-corrected chi connectivity index (χ2v) is 5.83. The summed E-state index contributed by atoms with van der Waals surface area (Å²) in [4.78, 5) is 33.8. The van der Waals surface area contributed by atoms with E-state index in [0.29, 0.717) is 12.8 Å². The molecule has 1 amide bonds. The third-order valence-electron chi connectivity index (χ3n) is 3.62. The number of hydrogen-bond donors (Lipinski definition) is 2. The Bertz CT molecular complexity index is 611. The third kappa shape index (κ3) is 3.05. The number of nitrogens with zero attached hydrogens (tertiary/aromatic N) is 1. The summed E-state index contributed by atoms with van der Waals surface area (Å²) in [5, 5.41) is 22.7. The molecule has 0 atom stereocenters. The molecule has 0 heterocycles. The molecule has 2 rings (SSSR count). The number of nitro benzene ring substituents is 1. The van der Waals surface area contributed by atoms with Gasteiger partial charge in [0.25, 0.3) is 11.6 Å². The number of carbonyl (C=O) groups excluding carboxylic acids is 1. The number of nitrogens with one attached hydrogen (secondary N) is 1. The van der Waals surface area contributed by atoms with Crippen molar-refractivity contribution in [3.8, 4) is 0 Å². The summed E-state index contributed by atoms with van der Waals surface area (Å²) in [6.45, 7) is 0. The van der Waals surface area contributed by atoms with Gasteiger partial charge in [-0.1, -0.05) is 12.8 Å². The first kappa shape index (κ1) is 15.4. The van der Waals surface area contributed by atoms with E-state index in [2.05, 4.69) is 21.2 Å². The monoisotopic (exact) mass is 356 g/mol. The molecule has 1 aliphatic rings. The van der Waals surface area contributed by atoms with Crippen molar-refractivity contribution in [2.45, 2.75) is 31.2 Å². The number of hydrogen-bond acceptors (Lipinski definition) is 4. The zero-order chi connectivity index (χ0) is 15.6. The molecule has 1 aromatic carbocycles. The summed E-state index contributed by atoms with van der Waals surface area (Å²) in [6.07, 6.45) is 2.19. The number of amides is 1. The van der Waals surface area contributed by atoms with E-state index in [4.69, 9.17) is 0 Å². The zero-order valence-corrected chi connectivity index (χ0v) is 12.6. The Labute approximate surface area is 128 Å². The highest BCUT2D eigenvalue weighted by atomic mass is 79.9. The van der Waals surface area contributed by atoms with E-state index in [0.717, 1.165) is 18.9 Å². The van der Waals surface area contributed by atoms with Gasteiger partial charge in [0.05, 0.1) is 9.40 Å². The number of aliphatic carboxylic acids is 1. The van der Waals surface area contributed by atoms with Crippen molar-refractivity contribution in [3.05, 3.63) is 38.3 Å². The Morgan fingerprint density at radius 2 is 1.95 bits per heavy atom. The lowest BCUT2D eigenvalue weighted by Gasteiger charge is -2.25. The van der Waals surface area contributed by atoms with Crippen molar-refractivity contribution in [2.24, 2.45) is 0 Å². The van der Waals surface area contributed by atoms with E-state index >= 15 is 0 Å². The number of benzene rings is 1. The second-order valence-electron chi connectivity index (χ2n) is 4.97. The van der Waals surface area contributed by atoms with Gasteiger partial charge in [-0.2, -0.15) is 0 Å². The van der Waals surface area contributed by atoms with Gasteiger partial charge in [0.15, 0.2) is 0 Å². The van der Waals surface area contributed by atoms with Crippen molar-refractivity contribution in [2.75, 3.05) is 0 Å². The van der Waals surface area contributed by atoms with Gasteiger partial charge in [-0.25, -0.2) is 4.79 Å². The Balaban J connectivity index is 2.26. The molecule has 1 aromatic rings. The van der Waals surface area contributed by atoms with Crippen LogP contribution in [0.15, 0.2) is 22.7 Å². The Hall–Kier alpha value is -1.96. The van der Waals surface area contributed by atoms with Crippen LogP contribution in [0.5, 0.6) is 0 Å². The molecule has 7 nitrogen and oxygen atoms in total. The van der Waals surface area contributed by atoms with Gasteiger partial charge in [-0.3, -0.25) is 14.9 Å². The molecular weight excluding hydrogens is 344 g/mol. The van der Waals surface area contributed by atoms with Crippen LogP contribution in [-0.4, -0.2) is 27.4 Å². The van der Waals surface area contributed by atoms with E-state index in [1.807, 2.05) is 0 Å². The number of halogens is 1. The van der Waals surface area contributed by atoms with Crippen LogP contribution in [0.25, 0.3) is 0 Å². The lowest BCUT2D eigenvalue weighted by molar-refractivity contribution is -0.385. The van der Waals surface area contributed by atoms with E-state index in [1.165, 1.54) is 12.1 Å². The van der Waals surface area contributed by atoms with Gasteiger partial charge < -0.3 is 10.4 Å². The minimum absolute atomic E-state index is 0.0671. The van der Waals surface area contributed by atoms with Crippen molar-refractivity contribution < 1.29 is 19.6 Å².